The minimum absolute atomic E-state index is 0.113. The van der Waals surface area contributed by atoms with Gasteiger partial charge in [-0.3, -0.25) is 4.79 Å². The Labute approximate surface area is 96.6 Å². The van der Waals surface area contributed by atoms with Crippen LogP contribution in [0.4, 0.5) is 0 Å². The predicted octanol–water partition coefficient (Wildman–Crippen LogP) is 1.35. The summed E-state index contributed by atoms with van der Waals surface area (Å²) in [6, 6.07) is 0.622. The SMILES string of the molecule is O=C(O)C1CCN(C2CCCOCC2)CC1. The Morgan fingerprint density at radius 2 is 1.88 bits per heavy atom. The Hall–Kier alpha value is -0.610. The molecule has 2 heterocycles. The van der Waals surface area contributed by atoms with E-state index in [1.807, 2.05) is 0 Å². The Morgan fingerprint density at radius 1 is 1.12 bits per heavy atom. The number of likely N-dealkylation sites (tertiary alicyclic amines) is 1. The van der Waals surface area contributed by atoms with Crippen LogP contribution in [0.15, 0.2) is 0 Å². The molecule has 0 saturated carbocycles. The zero-order valence-corrected chi connectivity index (χ0v) is 9.73. The summed E-state index contributed by atoms with van der Waals surface area (Å²) in [7, 11) is 0. The monoisotopic (exact) mass is 227 g/mol. The first-order chi connectivity index (χ1) is 7.77. The van der Waals surface area contributed by atoms with Gasteiger partial charge in [-0.05, 0) is 45.2 Å². The zero-order chi connectivity index (χ0) is 11.4. The maximum Gasteiger partial charge on any atom is 0.306 e. The van der Waals surface area contributed by atoms with E-state index in [0.717, 1.165) is 52.0 Å². The standard InChI is InChI=1S/C12H21NO3/c14-12(15)10-3-6-13(7-4-10)11-2-1-8-16-9-5-11/h10-11H,1-9H2,(H,14,15). The maximum atomic E-state index is 10.9. The lowest BCUT2D eigenvalue weighted by Gasteiger charge is -2.35. The van der Waals surface area contributed by atoms with Gasteiger partial charge in [0.2, 0.25) is 0 Å². The summed E-state index contributed by atoms with van der Waals surface area (Å²) >= 11 is 0. The van der Waals surface area contributed by atoms with E-state index in [1.165, 1.54) is 6.42 Å². The number of hydrogen-bond acceptors (Lipinski definition) is 3. The second-order valence-corrected chi connectivity index (χ2v) is 4.85. The molecule has 4 heteroatoms. The van der Waals surface area contributed by atoms with E-state index < -0.39 is 5.97 Å². The average Bonchev–Trinajstić information content (AvgIpc) is 2.57. The number of carboxylic acids is 1. The van der Waals surface area contributed by atoms with Crippen molar-refractivity contribution in [3.63, 3.8) is 0 Å². The number of hydrogen-bond donors (Lipinski definition) is 1. The average molecular weight is 227 g/mol. The molecule has 0 amide bonds. The summed E-state index contributed by atoms with van der Waals surface area (Å²) in [5, 5.41) is 8.94. The van der Waals surface area contributed by atoms with Gasteiger partial charge in [-0.25, -0.2) is 0 Å². The van der Waals surface area contributed by atoms with E-state index in [0.29, 0.717) is 6.04 Å². The molecule has 0 spiro atoms. The second-order valence-electron chi connectivity index (χ2n) is 4.85. The summed E-state index contributed by atoms with van der Waals surface area (Å²) < 4.78 is 5.45. The summed E-state index contributed by atoms with van der Waals surface area (Å²) in [5.74, 6) is -0.734. The summed E-state index contributed by atoms with van der Waals surface area (Å²) in [4.78, 5) is 13.3. The molecule has 0 bridgehead atoms. The van der Waals surface area contributed by atoms with Gasteiger partial charge in [-0.1, -0.05) is 0 Å². The maximum absolute atomic E-state index is 10.9. The molecule has 2 fully saturated rings. The lowest BCUT2D eigenvalue weighted by Crippen LogP contribution is -2.43. The predicted molar refractivity (Wildman–Crippen MR) is 60.4 cm³/mol. The molecule has 0 aromatic carbocycles. The van der Waals surface area contributed by atoms with Crippen LogP contribution >= 0.6 is 0 Å². The first-order valence-electron chi connectivity index (χ1n) is 6.32. The first kappa shape index (κ1) is 11.9. The van der Waals surface area contributed by atoms with Crippen molar-refractivity contribution in [2.45, 2.75) is 38.1 Å². The van der Waals surface area contributed by atoms with Crippen LogP contribution in [-0.4, -0.2) is 48.3 Å². The van der Waals surface area contributed by atoms with E-state index in [9.17, 15) is 4.79 Å². The van der Waals surface area contributed by atoms with Crippen molar-refractivity contribution in [2.24, 2.45) is 5.92 Å². The molecule has 4 nitrogen and oxygen atoms in total. The molecule has 1 N–H and O–H groups in total. The van der Waals surface area contributed by atoms with Crippen LogP contribution in [0.1, 0.15) is 32.1 Å². The number of aliphatic carboxylic acids is 1. The quantitative estimate of drug-likeness (QED) is 0.773. The van der Waals surface area contributed by atoms with E-state index in [1.54, 1.807) is 0 Å². The Bertz CT molecular complexity index is 228. The van der Waals surface area contributed by atoms with Crippen LogP contribution in [-0.2, 0) is 9.53 Å². The van der Waals surface area contributed by atoms with Gasteiger partial charge in [0.05, 0.1) is 5.92 Å². The number of ether oxygens (including phenoxy) is 1. The van der Waals surface area contributed by atoms with E-state index in [4.69, 9.17) is 9.84 Å². The molecule has 2 rings (SSSR count). The summed E-state index contributed by atoms with van der Waals surface area (Å²) in [6.45, 7) is 3.65. The lowest BCUT2D eigenvalue weighted by molar-refractivity contribution is -0.143. The third-order valence-corrected chi connectivity index (χ3v) is 3.82. The smallest absolute Gasteiger partial charge is 0.306 e. The molecule has 1 atom stereocenters. The topological polar surface area (TPSA) is 49.8 Å². The number of carboxylic acid groups (broad SMARTS) is 1. The molecular formula is C12H21NO3. The fourth-order valence-corrected chi connectivity index (χ4v) is 2.76. The molecule has 2 aliphatic heterocycles. The van der Waals surface area contributed by atoms with Crippen molar-refractivity contribution < 1.29 is 14.6 Å². The van der Waals surface area contributed by atoms with E-state index in [2.05, 4.69) is 4.90 Å². The zero-order valence-electron chi connectivity index (χ0n) is 9.73. The normalized spacial score (nSPS) is 29.9. The summed E-state index contributed by atoms with van der Waals surface area (Å²) in [5.41, 5.74) is 0. The van der Waals surface area contributed by atoms with Crippen molar-refractivity contribution in [1.29, 1.82) is 0 Å². The molecule has 2 aliphatic rings. The van der Waals surface area contributed by atoms with Crippen LogP contribution in [0.2, 0.25) is 0 Å². The van der Waals surface area contributed by atoms with Crippen molar-refractivity contribution in [1.82, 2.24) is 4.90 Å². The van der Waals surface area contributed by atoms with Gasteiger partial charge in [-0.2, -0.15) is 0 Å². The highest BCUT2D eigenvalue weighted by Crippen LogP contribution is 2.23. The van der Waals surface area contributed by atoms with Gasteiger partial charge >= 0.3 is 5.97 Å². The molecular weight excluding hydrogens is 206 g/mol. The van der Waals surface area contributed by atoms with Gasteiger partial charge < -0.3 is 14.7 Å². The van der Waals surface area contributed by atoms with Crippen molar-refractivity contribution in [2.75, 3.05) is 26.3 Å². The fraction of sp³-hybridized carbons (Fsp3) is 0.917. The van der Waals surface area contributed by atoms with Gasteiger partial charge in [-0.15, -0.1) is 0 Å². The van der Waals surface area contributed by atoms with Gasteiger partial charge in [0.25, 0.3) is 0 Å². The molecule has 0 aromatic heterocycles. The first-order valence-corrected chi connectivity index (χ1v) is 6.32. The lowest BCUT2D eigenvalue weighted by atomic mass is 9.94. The van der Waals surface area contributed by atoms with Crippen molar-refractivity contribution in [3.05, 3.63) is 0 Å². The molecule has 0 aromatic rings. The van der Waals surface area contributed by atoms with Crippen LogP contribution in [0.5, 0.6) is 0 Å². The molecule has 1 unspecified atom stereocenters. The second kappa shape index (κ2) is 5.64. The Kier molecular flexibility index (Phi) is 4.18. The van der Waals surface area contributed by atoms with E-state index in [-0.39, 0.29) is 5.92 Å². The highest BCUT2D eigenvalue weighted by Gasteiger charge is 2.28. The molecule has 92 valence electrons. The van der Waals surface area contributed by atoms with Crippen LogP contribution in [0.3, 0.4) is 0 Å². The Morgan fingerprint density at radius 3 is 2.56 bits per heavy atom. The minimum Gasteiger partial charge on any atom is -0.481 e. The van der Waals surface area contributed by atoms with Gasteiger partial charge in [0.1, 0.15) is 0 Å². The number of rotatable bonds is 2. The molecule has 2 saturated heterocycles. The highest BCUT2D eigenvalue weighted by atomic mass is 16.5. The number of carbonyl (C=O) groups is 1. The van der Waals surface area contributed by atoms with Gasteiger partial charge in [0.15, 0.2) is 0 Å². The van der Waals surface area contributed by atoms with Crippen molar-refractivity contribution in [3.8, 4) is 0 Å². The van der Waals surface area contributed by atoms with Gasteiger partial charge in [0, 0.05) is 19.3 Å². The molecule has 0 aliphatic carbocycles. The third kappa shape index (κ3) is 2.95. The minimum atomic E-state index is -0.621. The largest absolute Gasteiger partial charge is 0.481 e. The van der Waals surface area contributed by atoms with Crippen LogP contribution in [0.25, 0.3) is 0 Å². The highest BCUT2D eigenvalue weighted by molar-refractivity contribution is 5.70. The number of nitrogens with zero attached hydrogens (tertiary/aromatic N) is 1. The molecule has 0 radical (unpaired) electrons. The van der Waals surface area contributed by atoms with Crippen LogP contribution in [0, 0.1) is 5.92 Å². The Balaban J connectivity index is 1.81. The number of piperidine rings is 1. The summed E-state index contributed by atoms with van der Waals surface area (Å²) in [6.07, 6.45) is 5.08. The van der Waals surface area contributed by atoms with Crippen LogP contribution < -0.4 is 0 Å². The van der Waals surface area contributed by atoms with E-state index >= 15 is 0 Å². The molecule has 16 heavy (non-hydrogen) atoms. The van der Waals surface area contributed by atoms with Crippen molar-refractivity contribution >= 4 is 5.97 Å². The fourth-order valence-electron chi connectivity index (χ4n) is 2.76. The third-order valence-electron chi connectivity index (χ3n) is 3.82.